The lowest BCUT2D eigenvalue weighted by atomic mass is 9.84. The van der Waals surface area contributed by atoms with E-state index in [0.717, 1.165) is 6.42 Å². The molecule has 2 aromatic carbocycles. The van der Waals surface area contributed by atoms with Crippen LogP contribution < -0.4 is 0 Å². The lowest BCUT2D eigenvalue weighted by molar-refractivity contribution is 0.179. The number of rotatable bonds is 2. The van der Waals surface area contributed by atoms with Crippen LogP contribution in [-0.2, 0) is 0 Å². The van der Waals surface area contributed by atoms with E-state index in [1.807, 2.05) is 6.92 Å². The topological polar surface area (TPSA) is 20.2 Å². The first-order valence-corrected chi connectivity index (χ1v) is 6.79. The van der Waals surface area contributed by atoms with E-state index in [1.165, 1.54) is 22.3 Å². The SMILES string of the molecule is CC(O)CC1c2ccccc2C=Cc2ccccc21. The molecule has 1 N–H and O–H groups in total. The average molecular weight is 250 g/mol. The summed E-state index contributed by atoms with van der Waals surface area (Å²) in [4.78, 5) is 0. The number of aliphatic hydroxyl groups excluding tert-OH is 1. The molecule has 1 nitrogen and oxygen atoms in total. The zero-order chi connectivity index (χ0) is 13.2. The molecule has 0 spiro atoms. The second-order valence-electron chi connectivity index (χ2n) is 5.23. The van der Waals surface area contributed by atoms with Gasteiger partial charge in [-0.15, -0.1) is 0 Å². The van der Waals surface area contributed by atoms with Gasteiger partial charge < -0.3 is 5.11 Å². The molecule has 0 amide bonds. The van der Waals surface area contributed by atoms with Gasteiger partial charge in [-0.2, -0.15) is 0 Å². The summed E-state index contributed by atoms with van der Waals surface area (Å²) < 4.78 is 0. The van der Waals surface area contributed by atoms with Gasteiger partial charge in [-0.3, -0.25) is 0 Å². The molecule has 0 bridgehead atoms. The third-order valence-corrected chi connectivity index (χ3v) is 3.76. The van der Waals surface area contributed by atoms with Gasteiger partial charge in [0, 0.05) is 5.92 Å². The predicted molar refractivity (Wildman–Crippen MR) is 80.0 cm³/mol. The fourth-order valence-electron chi connectivity index (χ4n) is 2.90. The minimum absolute atomic E-state index is 0.266. The van der Waals surface area contributed by atoms with E-state index < -0.39 is 0 Å². The van der Waals surface area contributed by atoms with Crippen LogP contribution in [0.1, 0.15) is 41.5 Å². The van der Waals surface area contributed by atoms with Crippen molar-refractivity contribution in [3.05, 3.63) is 70.8 Å². The monoisotopic (exact) mass is 250 g/mol. The lowest BCUT2D eigenvalue weighted by Crippen LogP contribution is -2.11. The fourth-order valence-corrected chi connectivity index (χ4v) is 2.90. The van der Waals surface area contributed by atoms with Gasteiger partial charge in [0.15, 0.2) is 0 Å². The fraction of sp³-hybridized carbons (Fsp3) is 0.222. The summed E-state index contributed by atoms with van der Waals surface area (Å²) >= 11 is 0. The highest BCUT2D eigenvalue weighted by Crippen LogP contribution is 2.37. The Hall–Kier alpha value is -1.86. The summed E-state index contributed by atoms with van der Waals surface area (Å²) in [5.74, 6) is 0.266. The predicted octanol–water partition coefficient (Wildman–Crippen LogP) is 4.07. The van der Waals surface area contributed by atoms with Crippen molar-refractivity contribution in [1.82, 2.24) is 0 Å². The smallest absolute Gasteiger partial charge is 0.0521 e. The molecule has 0 radical (unpaired) electrons. The first kappa shape index (κ1) is 12.2. The molecule has 3 rings (SSSR count). The van der Waals surface area contributed by atoms with E-state index in [4.69, 9.17) is 0 Å². The molecule has 19 heavy (non-hydrogen) atoms. The molecule has 1 atom stereocenters. The van der Waals surface area contributed by atoms with Crippen molar-refractivity contribution >= 4 is 12.2 Å². The van der Waals surface area contributed by atoms with Crippen LogP contribution in [-0.4, -0.2) is 11.2 Å². The normalized spacial score (nSPS) is 15.5. The van der Waals surface area contributed by atoms with E-state index in [1.54, 1.807) is 0 Å². The lowest BCUT2D eigenvalue weighted by Gasteiger charge is -2.21. The van der Waals surface area contributed by atoms with Crippen LogP contribution in [0, 0.1) is 0 Å². The molecule has 1 aliphatic rings. The Morgan fingerprint density at radius 2 is 1.37 bits per heavy atom. The quantitative estimate of drug-likeness (QED) is 0.851. The minimum Gasteiger partial charge on any atom is -0.393 e. The van der Waals surface area contributed by atoms with Crippen LogP contribution in [0.15, 0.2) is 48.5 Å². The molecular weight excluding hydrogens is 232 g/mol. The van der Waals surface area contributed by atoms with E-state index in [-0.39, 0.29) is 12.0 Å². The molecule has 2 aromatic rings. The third kappa shape index (κ3) is 2.34. The van der Waals surface area contributed by atoms with Gasteiger partial charge in [0.2, 0.25) is 0 Å². The average Bonchev–Trinajstić information content (AvgIpc) is 2.57. The molecule has 1 unspecified atom stereocenters. The highest BCUT2D eigenvalue weighted by Gasteiger charge is 2.22. The molecule has 0 fully saturated rings. The maximum Gasteiger partial charge on any atom is 0.0521 e. The van der Waals surface area contributed by atoms with Gasteiger partial charge in [-0.05, 0) is 35.6 Å². The molecule has 0 aromatic heterocycles. The van der Waals surface area contributed by atoms with Gasteiger partial charge in [0.25, 0.3) is 0 Å². The van der Waals surface area contributed by atoms with Gasteiger partial charge in [-0.25, -0.2) is 0 Å². The summed E-state index contributed by atoms with van der Waals surface area (Å²) in [6.07, 6.45) is 4.81. The zero-order valence-corrected chi connectivity index (χ0v) is 11.1. The highest BCUT2D eigenvalue weighted by molar-refractivity contribution is 5.76. The molecular formula is C18H18O. The second kappa shape index (κ2) is 5.02. The Kier molecular flexibility index (Phi) is 3.22. The van der Waals surface area contributed by atoms with E-state index >= 15 is 0 Å². The van der Waals surface area contributed by atoms with Gasteiger partial charge in [-0.1, -0.05) is 60.7 Å². The van der Waals surface area contributed by atoms with Crippen molar-refractivity contribution in [2.45, 2.75) is 25.4 Å². The largest absolute Gasteiger partial charge is 0.393 e. The summed E-state index contributed by atoms with van der Waals surface area (Å²) in [6, 6.07) is 16.9. The molecule has 0 saturated carbocycles. The maximum atomic E-state index is 9.83. The third-order valence-electron chi connectivity index (χ3n) is 3.76. The van der Waals surface area contributed by atoms with Crippen molar-refractivity contribution < 1.29 is 5.11 Å². The van der Waals surface area contributed by atoms with Crippen molar-refractivity contribution in [3.8, 4) is 0 Å². The van der Waals surface area contributed by atoms with Gasteiger partial charge in [0.05, 0.1) is 6.10 Å². The Morgan fingerprint density at radius 1 is 0.895 bits per heavy atom. The van der Waals surface area contributed by atoms with Gasteiger partial charge >= 0.3 is 0 Å². The van der Waals surface area contributed by atoms with E-state index in [9.17, 15) is 5.11 Å². The summed E-state index contributed by atoms with van der Waals surface area (Å²) in [5.41, 5.74) is 5.13. The molecule has 0 aliphatic heterocycles. The number of aliphatic hydroxyl groups is 1. The van der Waals surface area contributed by atoms with Crippen LogP contribution in [0.5, 0.6) is 0 Å². The summed E-state index contributed by atoms with van der Waals surface area (Å²) in [5, 5.41) is 9.83. The molecule has 1 aliphatic carbocycles. The number of hydrogen-bond donors (Lipinski definition) is 1. The van der Waals surface area contributed by atoms with Crippen LogP contribution in [0.25, 0.3) is 12.2 Å². The zero-order valence-electron chi connectivity index (χ0n) is 11.1. The molecule has 0 heterocycles. The van der Waals surface area contributed by atoms with E-state index in [2.05, 4.69) is 60.7 Å². The minimum atomic E-state index is -0.302. The summed E-state index contributed by atoms with van der Waals surface area (Å²) in [7, 11) is 0. The Morgan fingerprint density at radius 3 is 1.84 bits per heavy atom. The summed E-state index contributed by atoms with van der Waals surface area (Å²) in [6.45, 7) is 1.86. The van der Waals surface area contributed by atoms with Crippen molar-refractivity contribution in [3.63, 3.8) is 0 Å². The van der Waals surface area contributed by atoms with Gasteiger partial charge in [0.1, 0.15) is 0 Å². The number of hydrogen-bond acceptors (Lipinski definition) is 1. The standard InChI is InChI=1S/C18H18O/c1-13(19)12-18-16-8-4-2-6-14(16)10-11-15-7-3-5-9-17(15)18/h2-11,13,18-19H,12H2,1H3. The van der Waals surface area contributed by atoms with Crippen molar-refractivity contribution in [2.75, 3.05) is 0 Å². The Labute approximate surface area is 114 Å². The van der Waals surface area contributed by atoms with Crippen LogP contribution >= 0.6 is 0 Å². The second-order valence-corrected chi connectivity index (χ2v) is 5.23. The molecule has 96 valence electrons. The molecule has 0 saturated heterocycles. The Bertz CT molecular complexity index is 561. The van der Waals surface area contributed by atoms with Crippen molar-refractivity contribution in [1.29, 1.82) is 0 Å². The van der Waals surface area contributed by atoms with E-state index in [0.29, 0.717) is 0 Å². The van der Waals surface area contributed by atoms with Crippen LogP contribution in [0.4, 0.5) is 0 Å². The molecule has 1 heteroatoms. The number of benzene rings is 2. The first-order chi connectivity index (χ1) is 9.25. The van der Waals surface area contributed by atoms with Crippen LogP contribution in [0.2, 0.25) is 0 Å². The van der Waals surface area contributed by atoms with Crippen molar-refractivity contribution in [2.24, 2.45) is 0 Å². The Balaban J connectivity index is 2.18. The number of fused-ring (bicyclic) bond motifs is 2. The highest BCUT2D eigenvalue weighted by atomic mass is 16.3. The first-order valence-electron chi connectivity index (χ1n) is 6.79. The van der Waals surface area contributed by atoms with Crippen LogP contribution in [0.3, 0.4) is 0 Å². The maximum absolute atomic E-state index is 9.83.